The molecule has 1 aromatic carbocycles. The molecule has 1 aromatic rings. The second-order valence-electron chi connectivity index (χ2n) is 5.60. The molecule has 0 unspecified atom stereocenters. The highest BCUT2D eigenvalue weighted by Gasteiger charge is 2.54. The monoisotopic (exact) mass is 306 g/mol. The third-order valence-electron chi connectivity index (χ3n) is 4.00. The van der Waals surface area contributed by atoms with Gasteiger partial charge in [0, 0.05) is 18.7 Å². The van der Waals surface area contributed by atoms with Crippen LogP contribution >= 0.6 is 0 Å². The van der Waals surface area contributed by atoms with Gasteiger partial charge in [0.05, 0.1) is 33.7 Å². The Kier molecular flexibility index (Phi) is 3.44. The van der Waals surface area contributed by atoms with Crippen LogP contribution in [0.15, 0.2) is 18.2 Å². The standard InChI is InChI=1S/C15H18N2O5/c1-16-13(18)7-15(22-16)8-17(9-15)14(19)10-4-11(20-2)6-12(5-10)21-3/h4-6H,7-9H2,1-3H3. The van der Waals surface area contributed by atoms with Gasteiger partial charge in [-0.2, -0.15) is 0 Å². The lowest BCUT2D eigenvalue weighted by atomic mass is 9.90. The van der Waals surface area contributed by atoms with Crippen molar-refractivity contribution in [3.05, 3.63) is 23.8 Å². The van der Waals surface area contributed by atoms with Gasteiger partial charge in [0.15, 0.2) is 0 Å². The predicted molar refractivity (Wildman–Crippen MR) is 76.7 cm³/mol. The van der Waals surface area contributed by atoms with Gasteiger partial charge in [-0.05, 0) is 12.1 Å². The van der Waals surface area contributed by atoms with Crippen LogP contribution in [0.2, 0.25) is 0 Å². The van der Waals surface area contributed by atoms with Crippen LogP contribution in [0, 0.1) is 0 Å². The molecule has 0 saturated carbocycles. The predicted octanol–water partition coefficient (Wildman–Crippen LogP) is 0.692. The highest BCUT2D eigenvalue weighted by molar-refractivity contribution is 5.96. The number of hydroxylamine groups is 2. The number of nitrogens with zero attached hydrogens (tertiary/aromatic N) is 2. The number of likely N-dealkylation sites (tertiary alicyclic amines) is 1. The molecule has 2 saturated heterocycles. The molecule has 2 heterocycles. The van der Waals surface area contributed by atoms with Crippen LogP contribution in [-0.2, 0) is 9.63 Å². The smallest absolute Gasteiger partial charge is 0.254 e. The average Bonchev–Trinajstić information content (AvgIpc) is 2.80. The van der Waals surface area contributed by atoms with Gasteiger partial charge in [-0.25, -0.2) is 5.06 Å². The minimum Gasteiger partial charge on any atom is -0.497 e. The number of hydrogen-bond donors (Lipinski definition) is 0. The largest absolute Gasteiger partial charge is 0.497 e. The molecule has 3 rings (SSSR count). The third-order valence-corrected chi connectivity index (χ3v) is 4.00. The Morgan fingerprint density at radius 1 is 1.18 bits per heavy atom. The van der Waals surface area contributed by atoms with E-state index in [0.29, 0.717) is 36.6 Å². The first kappa shape index (κ1) is 14.6. The quantitative estimate of drug-likeness (QED) is 0.822. The van der Waals surface area contributed by atoms with Crippen molar-refractivity contribution < 1.29 is 23.9 Å². The summed E-state index contributed by atoms with van der Waals surface area (Å²) in [5, 5.41) is 1.25. The Morgan fingerprint density at radius 2 is 1.77 bits per heavy atom. The fraction of sp³-hybridized carbons (Fsp3) is 0.467. The zero-order valence-corrected chi connectivity index (χ0v) is 12.8. The summed E-state index contributed by atoms with van der Waals surface area (Å²) in [6.45, 7) is 0.808. The number of benzene rings is 1. The number of amides is 2. The SMILES string of the molecule is COc1cc(OC)cc(C(=O)N2CC3(CC(=O)N(C)O3)C2)c1. The van der Waals surface area contributed by atoms with E-state index in [1.165, 1.54) is 19.3 Å². The van der Waals surface area contributed by atoms with E-state index in [1.807, 2.05) is 0 Å². The second-order valence-corrected chi connectivity index (χ2v) is 5.60. The van der Waals surface area contributed by atoms with Gasteiger partial charge >= 0.3 is 0 Å². The molecular formula is C15H18N2O5. The number of carbonyl (C=O) groups excluding carboxylic acids is 2. The molecule has 0 bridgehead atoms. The van der Waals surface area contributed by atoms with Crippen molar-refractivity contribution in [2.24, 2.45) is 0 Å². The summed E-state index contributed by atoms with van der Waals surface area (Å²) in [6, 6.07) is 5.05. The molecule has 2 fully saturated rings. The Hall–Kier alpha value is -2.28. The van der Waals surface area contributed by atoms with Gasteiger partial charge in [-0.15, -0.1) is 0 Å². The van der Waals surface area contributed by atoms with Gasteiger partial charge in [0.1, 0.15) is 17.1 Å². The first-order valence-corrected chi connectivity index (χ1v) is 6.94. The fourth-order valence-corrected chi connectivity index (χ4v) is 2.84. The Morgan fingerprint density at radius 3 is 2.23 bits per heavy atom. The van der Waals surface area contributed by atoms with Crippen LogP contribution in [0.25, 0.3) is 0 Å². The summed E-state index contributed by atoms with van der Waals surface area (Å²) in [6.07, 6.45) is 0.314. The number of methoxy groups -OCH3 is 2. The van der Waals surface area contributed by atoms with Crippen molar-refractivity contribution >= 4 is 11.8 Å². The lowest BCUT2D eigenvalue weighted by molar-refractivity contribution is -0.218. The molecule has 2 amide bonds. The van der Waals surface area contributed by atoms with E-state index in [2.05, 4.69) is 0 Å². The molecule has 0 radical (unpaired) electrons. The highest BCUT2D eigenvalue weighted by Crippen LogP contribution is 2.36. The number of hydrogen-bond acceptors (Lipinski definition) is 5. The number of carbonyl (C=O) groups is 2. The summed E-state index contributed by atoms with van der Waals surface area (Å²) in [5.74, 6) is 0.929. The van der Waals surface area contributed by atoms with Gasteiger partial charge in [-0.1, -0.05) is 0 Å². The third kappa shape index (κ3) is 2.37. The van der Waals surface area contributed by atoms with Gasteiger partial charge in [0.2, 0.25) is 5.91 Å². The molecule has 22 heavy (non-hydrogen) atoms. The molecule has 2 aliphatic heterocycles. The minimum absolute atomic E-state index is 0.0600. The summed E-state index contributed by atoms with van der Waals surface area (Å²) >= 11 is 0. The molecule has 0 N–H and O–H groups in total. The molecule has 0 atom stereocenters. The molecule has 118 valence electrons. The van der Waals surface area contributed by atoms with Crippen LogP contribution in [-0.4, -0.2) is 61.7 Å². The van der Waals surface area contributed by atoms with E-state index in [-0.39, 0.29) is 11.8 Å². The highest BCUT2D eigenvalue weighted by atomic mass is 16.7. The number of ether oxygens (including phenoxy) is 2. The maximum Gasteiger partial charge on any atom is 0.254 e. The van der Waals surface area contributed by atoms with E-state index in [4.69, 9.17) is 14.3 Å². The average molecular weight is 306 g/mol. The van der Waals surface area contributed by atoms with E-state index in [0.717, 1.165) is 0 Å². The second kappa shape index (κ2) is 5.17. The van der Waals surface area contributed by atoms with Crippen molar-refractivity contribution in [2.45, 2.75) is 12.0 Å². The molecule has 1 spiro atoms. The van der Waals surface area contributed by atoms with E-state index >= 15 is 0 Å². The van der Waals surface area contributed by atoms with Crippen molar-refractivity contribution in [1.82, 2.24) is 9.96 Å². The molecule has 0 aromatic heterocycles. The van der Waals surface area contributed by atoms with E-state index in [1.54, 1.807) is 30.1 Å². The number of rotatable bonds is 3. The van der Waals surface area contributed by atoms with Crippen LogP contribution in [0.4, 0.5) is 0 Å². The summed E-state index contributed by atoms with van der Waals surface area (Å²) in [5.41, 5.74) is -0.0616. The normalized spacial score (nSPS) is 19.3. The molecular weight excluding hydrogens is 288 g/mol. The summed E-state index contributed by atoms with van der Waals surface area (Å²) in [7, 11) is 4.67. The van der Waals surface area contributed by atoms with Crippen LogP contribution in [0.5, 0.6) is 11.5 Å². The Labute approximate surface area is 128 Å². The molecule has 0 aliphatic carbocycles. The van der Waals surface area contributed by atoms with Crippen molar-refractivity contribution in [1.29, 1.82) is 0 Å². The molecule has 7 heteroatoms. The fourth-order valence-electron chi connectivity index (χ4n) is 2.84. The van der Waals surface area contributed by atoms with Crippen LogP contribution in [0.1, 0.15) is 16.8 Å². The van der Waals surface area contributed by atoms with Gasteiger partial charge < -0.3 is 14.4 Å². The van der Waals surface area contributed by atoms with Crippen LogP contribution < -0.4 is 9.47 Å². The Bertz CT molecular complexity index is 602. The topological polar surface area (TPSA) is 68.3 Å². The lowest BCUT2D eigenvalue weighted by Crippen LogP contribution is -2.63. The van der Waals surface area contributed by atoms with Crippen molar-refractivity contribution in [2.75, 3.05) is 34.4 Å². The minimum atomic E-state index is -0.551. The van der Waals surface area contributed by atoms with E-state index in [9.17, 15) is 9.59 Å². The zero-order chi connectivity index (χ0) is 15.9. The first-order chi connectivity index (χ1) is 10.5. The van der Waals surface area contributed by atoms with Crippen molar-refractivity contribution in [3.8, 4) is 11.5 Å². The molecule has 2 aliphatic rings. The maximum absolute atomic E-state index is 12.5. The zero-order valence-electron chi connectivity index (χ0n) is 12.8. The molecule has 7 nitrogen and oxygen atoms in total. The van der Waals surface area contributed by atoms with Crippen molar-refractivity contribution in [3.63, 3.8) is 0 Å². The van der Waals surface area contributed by atoms with Gasteiger partial charge in [0.25, 0.3) is 5.91 Å². The summed E-state index contributed by atoms with van der Waals surface area (Å²) < 4.78 is 10.3. The lowest BCUT2D eigenvalue weighted by Gasteiger charge is -2.45. The Balaban J connectivity index is 1.73. The van der Waals surface area contributed by atoms with Gasteiger partial charge in [-0.3, -0.25) is 14.4 Å². The first-order valence-electron chi connectivity index (χ1n) is 6.94. The van der Waals surface area contributed by atoms with Crippen LogP contribution in [0.3, 0.4) is 0 Å². The maximum atomic E-state index is 12.5. The van der Waals surface area contributed by atoms with E-state index < -0.39 is 5.60 Å². The summed E-state index contributed by atoms with van der Waals surface area (Å²) in [4.78, 5) is 31.3.